The molecule has 2 amide bonds. The van der Waals surface area contributed by atoms with Crippen LogP contribution in [0.25, 0.3) is 5.69 Å². The van der Waals surface area contributed by atoms with Crippen LogP contribution < -0.4 is 14.8 Å². The molecule has 0 unspecified atom stereocenters. The number of hydrogen-bond donors (Lipinski definition) is 1. The van der Waals surface area contributed by atoms with E-state index in [-0.39, 0.29) is 23.8 Å². The predicted molar refractivity (Wildman–Crippen MR) is 132 cm³/mol. The van der Waals surface area contributed by atoms with Crippen LogP contribution >= 0.6 is 0 Å². The number of amides is 2. The molecule has 2 aromatic carbocycles. The Bertz CT molecular complexity index is 1180. The van der Waals surface area contributed by atoms with Crippen molar-refractivity contribution in [2.45, 2.75) is 33.1 Å². The second kappa shape index (κ2) is 9.99. The maximum Gasteiger partial charge on any atom is 0.257 e. The van der Waals surface area contributed by atoms with Gasteiger partial charge in [0.15, 0.2) is 0 Å². The van der Waals surface area contributed by atoms with Gasteiger partial charge in [-0.1, -0.05) is 38.5 Å². The van der Waals surface area contributed by atoms with Crippen LogP contribution in [-0.4, -0.2) is 54.3 Å². The number of carbonyl (C=O) groups excluding carboxylic acids is 2. The quantitative estimate of drug-likeness (QED) is 0.566. The van der Waals surface area contributed by atoms with Crippen LogP contribution in [0.2, 0.25) is 0 Å². The maximum absolute atomic E-state index is 13.0. The second-order valence-electron chi connectivity index (χ2n) is 9.19. The molecule has 0 fully saturated rings. The number of aryl methyl sites for hydroxylation is 1. The van der Waals surface area contributed by atoms with Gasteiger partial charge in [-0.3, -0.25) is 9.59 Å². The van der Waals surface area contributed by atoms with Gasteiger partial charge in [-0.05, 0) is 31.2 Å². The smallest absolute Gasteiger partial charge is 0.257 e. The van der Waals surface area contributed by atoms with Crippen LogP contribution in [0.15, 0.2) is 48.5 Å². The van der Waals surface area contributed by atoms with E-state index in [2.05, 4.69) is 26.1 Å². The molecule has 0 aliphatic heterocycles. The average Bonchev–Trinajstić information content (AvgIpc) is 3.22. The maximum atomic E-state index is 13.0. The number of anilines is 1. The molecule has 0 spiro atoms. The fourth-order valence-electron chi connectivity index (χ4n) is 3.37. The lowest BCUT2D eigenvalue weighted by Gasteiger charge is -2.19. The van der Waals surface area contributed by atoms with Crippen LogP contribution in [0.1, 0.15) is 42.4 Å². The van der Waals surface area contributed by atoms with Crippen LogP contribution in [0, 0.1) is 6.92 Å². The SMILES string of the molecule is COc1ccc(C(=O)N(C)CC(=O)Nc2cc(C(C)(C)C)nn2-c2ccc(C)cc2)c(OC)c1. The van der Waals surface area contributed by atoms with Crippen LogP contribution in [-0.2, 0) is 10.2 Å². The minimum absolute atomic E-state index is 0.141. The zero-order valence-corrected chi connectivity index (χ0v) is 20.8. The minimum atomic E-state index is -0.336. The molecule has 0 aliphatic carbocycles. The van der Waals surface area contributed by atoms with Crippen molar-refractivity contribution in [2.75, 3.05) is 33.1 Å². The van der Waals surface area contributed by atoms with Crippen molar-refractivity contribution >= 4 is 17.6 Å². The van der Waals surface area contributed by atoms with Crippen molar-refractivity contribution in [2.24, 2.45) is 0 Å². The lowest BCUT2D eigenvalue weighted by molar-refractivity contribution is -0.116. The number of nitrogens with zero attached hydrogens (tertiary/aromatic N) is 3. The van der Waals surface area contributed by atoms with E-state index in [4.69, 9.17) is 14.6 Å². The average molecular weight is 465 g/mol. The molecule has 0 radical (unpaired) electrons. The standard InChI is InChI=1S/C26H32N4O4/c1-17-8-10-18(11-9-17)30-23(15-22(28-30)26(2,3)4)27-24(31)16-29(5)25(32)20-13-12-19(33-6)14-21(20)34-7/h8-15H,16H2,1-7H3,(H,27,31). The van der Waals surface area contributed by atoms with E-state index >= 15 is 0 Å². The molecule has 1 heterocycles. The molecule has 3 rings (SSSR count). The topological polar surface area (TPSA) is 85.7 Å². The zero-order valence-electron chi connectivity index (χ0n) is 20.8. The Balaban J connectivity index is 1.81. The van der Waals surface area contributed by atoms with Gasteiger partial charge < -0.3 is 19.7 Å². The van der Waals surface area contributed by atoms with Gasteiger partial charge in [0.05, 0.1) is 37.7 Å². The third-order valence-electron chi connectivity index (χ3n) is 5.39. The summed E-state index contributed by atoms with van der Waals surface area (Å²) in [7, 11) is 4.60. The Morgan fingerprint density at radius 2 is 1.71 bits per heavy atom. The van der Waals surface area contributed by atoms with Gasteiger partial charge in [0.2, 0.25) is 5.91 Å². The number of likely N-dealkylation sites (N-methyl/N-ethyl adjacent to an activating group) is 1. The van der Waals surface area contributed by atoms with Crippen LogP contribution in [0.5, 0.6) is 11.5 Å². The Kier molecular flexibility index (Phi) is 7.29. The number of nitrogens with one attached hydrogen (secondary N) is 1. The summed E-state index contributed by atoms with van der Waals surface area (Å²) in [5, 5.41) is 7.64. The first-order chi connectivity index (χ1) is 16.0. The minimum Gasteiger partial charge on any atom is -0.497 e. The number of methoxy groups -OCH3 is 2. The highest BCUT2D eigenvalue weighted by atomic mass is 16.5. The van der Waals surface area contributed by atoms with Gasteiger partial charge in [0, 0.05) is 24.6 Å². The zero-order chi connectivity index (χ0) is 25.0. The number of aromatic nitrogens is 2. The summed E-state index contributed by atoms with van der Waals surface area (Å²) in [6.07, 6.45) is 0. The van der Waals surface area contributed by atoms with Crippen molar-refractivity contribution in [3.63, 3.8) is 0 Å². The molecule has 0 bridgehead atoms. The van der Waals surface area contributed by atoms with Crippen molar-refractivity contribution in [3.05, 3.63) is 65.4 Å². The molecule has 0 saturated carbocycles. The predicted octanol–water partition coefficient (Wildman–Crippen LogP) is 4.21. The summed E-state index contributed by atoms with van der Waals surface area (Å²) in [6, 6.07) is 14.7. The first-order valence-electron chi connectivity index (χ1n) is 11.0. The molecule has 0 aliphatic rings. The number of ether oxygens (including phenoxy) is 2. The molecule has 1 aromatic heterocycles. The lowest BCUT2D eigenvalue weighted by Crippen LogP contribution is -2.35. The van der Waals surface area contributed by atoms with E-state index in [0.717, 1.165) is 16.9 Å². The van der Waals surface area contributed by atoms with Gasteiger partial charge in [0.1, 0.15) is 17.3 Å². The molecule has 0 atom stereocenters. The number of hydrogen-bond acceptors (Lipinski definition) is 5. The van der Waals surface area contributed by atoms with Gasteiger partial charge in [-0.25, -0.2) is 4.68 Å². The Morgan fingerprint density at radius 1 is 1.03 bits per heavy atom. The summed E-state index contributed by atoms with van der Waals surface area (Å²) >= 11 is 0. The van der Waals surface area contributed by atoms with E-state index in [1.807, 2.05) is 37.3 Å². The Morgan fingerprint density at radius 3 is 2.29 bits per heavy atom. The number of carbonyl (C=O) groups is 2. The fourth-order valence-corrected chi connectivity index (χ4v) is 3.37. The highest BCUT2D eigenvalue weighted by molar-refractivity contribution is 6.00. The highest BCUT2D eigenvalue weighted by Gasteiger charge is 2.23. The second-order valence-corrected chi connectivity index (χ2v) is 9.19. The first kappa shape index (κ1) is 24.8. The summed E-state index contributed by atoms with van der Waals surface area (Å²) in [5.41, 5.74) is 2.96. The summed E-state index contributed by atoms with van der Waals surface area (Å²) in [5.74, 6) is 0.826. The molecule has 8 heteroatoms. The number of rotatable bonds is 7. The molecule has 1 N–H and O–H groups in total. The molecular formula is C26H32N4O4. The van der Waals surface area contributed by atoms with Gasteiger partial charge >= 0.3 is 0 Å². The van der Waals surface area contributed by atoms with E-state index in [1.54, 1.807) is 37.0 Å². The van der Waals surface area contributed by atoms with E-state index in [9.17, 15) is 9.59 Å². The monoisotopic (exact) mass is 464 g/mol. The van der Waals surface area contributed by atoms with Crippen LogP contribution in [0.3, 0.4) is 0 Å². The van der Waals surface area contributed by atoms with E-state index < -0.39 is 0 Å². The molecule has 34 heavy (non-hydrogen) atoms. The highest BCUT2D eigenvalue weighted by Crippen LogP contribution is 2.27. The van der Waals surface area contributed by atoms with E-state index in [1.165, 1.54) is 12.0 Å². The van der Waals surface area contributed by atoms with Crippen molar-refractivity contribution in [1.82, 2.24) is 14.7 Å². The Hall–Kier alpha value is -3.81. The normalized spacial score (nSPS) is 11.1. The molecule has 8 nitrogen and oxygen atoms in total. The third-order valence-corrected chi connectivity index (χ3v) is 5.39. The van der Waals surface area contributed by atoms with Crippen molar-refractivity contribution in [1.29, 1.82) is 0 Å². The molecular weight excluding hydrogens is 432 g/mol. The summed E-state index contributed by atoms with van der Waals surface area (Å²) in [4.78, 5) is 27.2. The van der Waals surface area contributed by atoms with Crippen molar-refractivity contribution < 1.29 is 19.1 Å². The first-order valence-corrected chi connectivity index (χ1v) is 11.0. The molecule has 180 valence electrons. The van der Waals surface area contributed by atoms with Gasteiger partial charge in [-0.2, -0.15) is 5.10 Å². The fraction of sp³-hybridized carbons (Fsp3) is 0.346. The number of benzene rings is 2. The van der Waals surface area contributed by atoms with Crippen molar-refractivity contribution in [3.8, 4) is 17.2 Å². The van der Waals surface area contributed by atoms with Gasteiger partial charge in [0.25, 0.3) is 5.91 Å². The van der Waals surface area contributed by atoms with Gasteiger partial charge in [-0.15, -0.1) is 0 Å². The van der Waals surface area contributed by atoms with Crippen LogP contribution in [0.4, 0.5) is 5.82 Å². The Labute approximate surface area is 200 Å². The van der Waals surface area contributed by atoms with E-state index in [0.29, 0.717) is 22.9 Å². The summed E-state index contributed by atoms with van der Waals surface area (Å²) < 4.78 is 12.2. The third kappa shape index (κ3) is 5.57. The molecule has 0 saturated heterocycles. The lowest BCUT2D eigenvalue weighted by atomic mass is 9.92. The summed E-state index contributed by atoms with van der Waals surface area (Å²) in [6.45, 7) is 8.07. The largest absolute Gasteiger partial charge is 0.497 e. The molecule has 3 aromatic rings.